The van der Waals surface area contributed by atoms with Crippen molar-refractivity contribution in [3.8, 4) is 0 Å². The molecule has 2 aromatic heterocycles. The number of oxazole rings is 1. The van der Waals surface area contributed by atoms with Gasteiger partial charge >= 0.3 is 0 Å². The van der Waals surface area contributed by atoms with Crippen LogP contribution in [0.4, 0.5) is 4.39 Å². The number of carbonyl (C=O) groups excluding carboxylic acids is 1. The third kappa shape index (κ3) is 5.98. The van der Waals surface area contributed by atoms with E-state index in [1.807, 2.05) is 13.8 Å². The Bertz CT molecular complexity index is 936. The largest absolute Gasteiger partial charge is 0.447 e. The van der Waals surface area contributed by atoms with E-state index in [0.717, 1.165) is 18.5 Å². The number of halogens is 1. The van der Waals surface area contributed by atoms with E-state index < -0.39 is 0 Å². The summed E-state index contributed by atoms with van der Waals surface area (Å²) < 4.78 is 18.8. The number of amides is 1. The number of aryl methyl sites for hydroxylation is 1. The van der Waals surface area contributed by atoms with Crippen molar-refractivity contribution in [1.82, 2.24) is 15.2 Å². The second kappa shape index (κ2) is 9.80. The highest BCUT2D eigenvalue weighted by Crippen LogP contribution is 2.21. The number of hydrogen-bond acceptors (Lipinski definition) is 5. The molecule has 1 amide bonds. The molecule has 2 heterocycles. The number of nitrogens with one attached hydrogen (secondary N) is 1. The van der Waals surface area contributed by atoms with Crippen molar-refractivity contribution in [3.05, 3.63) is 75.4 Å². The van der Waals surface area contributed by atoms with E-state index in [2.05, 4.69) is 33.6 Å². The van der Waals surface area contributed by atoms with Gasteiger partial charge in [0.05, 0.1) is 6.54 Å². The lowest BCUT2D eigenvalue weighted by atomic mass is 10.2. The van der Waals surface area contributed by atoms with Crippen molar-refractivity contribution in [2.75, 3.05) is 0 Å². The highest BCUT2D eigenvalue weighted by Gasteiger charge is 2.17. The minimum Gasteiger partial charge on any atom is -0.447 e. The Kier molecular flexibility index (Phi) is 7.17. The van der Waals surface area contributed by atoms with Crippen LogP contribution >= 0.6 is 11.3 Å². The highest BCUT2D eigenvalue weighted by molar-refractivity contribution is 7.10. The van der Waals surface area contributed by atoms with Gasteiger partial charge in [0.2, 0.25) is 5.89 Å². The van der Waals surface area contributed by atoms with Crippen molar-refractivity contribution >= 4 is 17.2 Å². The van der Waals surface area contributed by atoms with Gasteiger partial charge < -0.3 is 9.73 Å². The maximum absolute atomic E-state index is 13.2. The molecule has 0 radical (unpaired) electrons. The van der Waals surface area contributed by atoms with Gasteiger partial charge in [-0.2, -0.15) is 0 Å². The summed E-state index contributed by atoms with van der Waals surface area (Å²) in [6.45, 7) is 7.84. The van der Waals surface area contributed by atoms with Gasteiger partial charge in [0, 0.05) is 24.0 Å². The second-order valence-electron chi connectivity index (χ2n) is 7.21. The Morgan fingerprint density at radius 3 is 2.66 bits per heavy atom. The SMILES string of the molecule is CC[C@H](C)NC(=O)c1coc(CN(Cc2ccc(F)cc2)Cc2sccc2C)n1. The van der Waals surface area contributed by atoms with Crippen LogP contribution in [0.15, 0.2) is 46.4 Å². The number of hydrogen-bond donors (Lipinski definition) is 1. The van der Waals surface area contributed by atoms with E-state index >= 15 is 0 Å². The zero-order chi connectivity index (χ0) is 20.8. The van der Waals surface area contributed by atoms with Crippen LogP contribution in [0.1, 0.15) is 52.7 Å². The van der Waals surface area contributed by atoms with Gasteiger partial charge in [-0.15, -0.1) is 11.3 Å². The molecule has 154 valence electrons. The lowest BCUT2D eigenvalue weighted by molar-refractivity contribution is 0.0934. The first kappa shape index (κ1) is 21.2. The van der Waals surface area contributed by atoms with Crippen molar-refractivity contribution < 1.29 is 13.6 Å². The average molecular weight is 416 g/mol. The van der Waals surface area contributed by atoms with Crippen LogP contribution < -0.4 is 5.32 Å². The first-order valence-corrected chi connectivity index (χ1v) is 10.6. The van der Waals surface area contributed by atoms with Crippen LogP contribution in [-0.4, -0.2) is 21.8 Å². The topological polar surface area (TPSA) is 58.4 Å². The fraction of sp³-hybridized carbons (Fsp3) is 0.364. The lowest BCUT2D eigenvalue weighted by Crippen LogP contribution is -2.32. The molecule has 0 bridgehead atoms. The number of thiophene rings is 1. The summed E-state index contributed by atoms with van der Waals surface area (Å²) in [5.41, 5.74) is 2.52. The zero-order valence-electron chi connectivity index (χ0n) is 16.9. The Balaban J connectivity index is 1.73. The van der Waals surface area contributed by atoms with Gasteiger partial charge in [-0.3, -0.25) is 9.69 Å². The zero-order valence-corrected chi connectivity index (χ0v) is 17.8. The smallest absolute Gasteiger partial charge is 0.273 e. The summed E-state index contributed by atoms with van der Waals surface area (Å²) in [6, 6.07) is 8.67. The predicted molar refractivity (Wildman–Crippen MR) is 112 cm³/mol. The third-order valence-electron chi connectivity index (χ3n) is 4.79. The molecule has 0 saturated carbocycles. The molecule has 1 N–H and O–H groups in total. The van der Waals surface area contributed by atoms with Gasteiger partial charge in [0.25, 0.3) is 5.91 Å². The van der Waals surface area contributed by atoms with Crippen molar-refractivity contribution in [3.63, 3.8) is 0 Å². The monoisotopic (exact) mass is 415 g/mol. The van der Waals surface area contributed by atoms with Crippen molar-refractivity contribution in [1.29, 1.82) is 0 Å². The Hall–Kier alpha value is -2.51. The standard InChI is InChI=1S/C22H26FN3O2S/c1-4-16(3)24-22(27)19-14-28-21(25-19)13-26(12-20-15(2)9-10-29-20)11-17-5-7-18(23)8-6-17/h5-10,14,16H,4,11-13H2,1-3H3,(H,24,27)/t16-/m0/s1. The molecule has 0 saturated heterocycles. The van der Waals surface area contributed by atoms with Crippen LogP contribution in [0.3, 0.4) is 0 Å². The maximum Gasteiger partial charge on any atom is 0.273 e. The highest BCUT2D eigenvalue weighted by atomic mass is 32.1. The average Bonchev–Trinajstić information content (AvgIpc) is 3.33. The molecule has 0 fully saturated rings. The first-order valence-electron chi connectivity index (χ1n) is 9.69. The van der Waals surface area contributed by atoms with E-state index in [9.17, 15) is 9.18 Å². The molecule has 3 rings (SSSR count). The summed E-state index contributed by atoms with van der Waals surface area (Å²) in [5.74, 6) is 0.00298. The summed E-state index contributed by atoms with van der Waals surface area (Å²) >= 11 is 1.70. The van der Waals surface area contributed by atoms with Crippen molar-refractivity contribution in [2.24, 2.45) is 0 Å². The molecule has 29 heavy (non-hydrogen) atoms. The molecule has 0 unspecified atom stereocenters. The van der Waals surface area contributed by atoms with Crippen LogP contribution in [-0.2, 0) is 19.6 Å². The minimum absolute atomic E-state index is 0.0828. The number of rotatable bonds is 9. The van der Waals surface area contributed by atoms with Crippen LogP contribution in [0.2, 0.25) is 0 Å². The fourth-order valence-corrected chi connectivity index (χ4v) is 3.81. The van der Waals surface area contributed by atoms with E-state index in [-0.39, 0.29) is 23.5 Å². The number of carbonyl (C=O) groups is 1. The van der Waals surface area contributed by atoms with Gasteiger partial charge in [-0.1, -0.05) is 19.1 Å². The molecular weight excluding hydrogens is 389 g/mol. The van der Waals surface area contributed by atoms with Crippen LogP contribution in [0.25, 0.3) is 0 Å². The molecule has 1 aromatic carbocycles. The van der Waals surface area contributed by atoms with Crippen LogP contribution in [0, 0.1) is 12.7 Å². The molecule has 0 aliphatic heterocycles. The molecule has 1 atom stereocenters. The quantitative estimate of drug-likeness (QED) is 0.539. The normalized spacial score (nSPS) is 12.3. The Morgan fingerprint density at radius 1 is 1.24 bits per heavy atom. The summed E-state index contributed by atoms with van der Waals surface area (Å²) in [7, 11) is 0. The van der Waals surface area contributed by atoms with Gasteiger partial charge in [0.15, 0.2) is 5.69 Å². The molecule has 0 spiro atoms. The van der Waals surface area contributed by atoms with Crippen molar-refractivity contribution in [2.45, 2.75) is 52.9 Å². The summed E-state index contributed by atoms with van der Waals surface area (Å²) in [4.78, 5) is 20.1. The first-order chi connectivity index (χ1) is 13.9. The Morgan fingerprint density at radius 2 is 2.00 bits per heavy atom. The predicted octanol–water partition coefficient (Wildman–Crippen LogP) is 4.91. The maximum atomic E-state index is 13.2. The van der Waals surface area contributed by atoms with Gasteiger partial charge in [-0.05, 0) is 55.0 Å². The number of benzene rings is 1. The van der Waals surface area contributed by atoms with E-state index in [0.29, 0.717) is 19.0 Å². The van der Waals surface area contributed by atoms with Gasteiger partial charge in [-0.25, -0.2) is 9.37 Å². The second-order valence-corrected chi connectivity index (χ2v) is 8.21. The molecule has 0 aliphatic carbocycles. The molecule has 7 heteroatoms. The van der Waals surface area contributed by atoms with E-state index in [1.54, 1.807) is 23.5 Å². The Labute approximate surface area is 174 Å². The minimum atomic E-state index is -0.251. The summed E-state index contributed by atoms with van der Waals surface area (Å²) in [5, 5.41) is 4.97. The fourth-order valence-electron chi connectivity index (χ4n) is 2.86. The molecule has 0 aliphatic rings. The van der Waals surface area contributed by atoms with Crippen LogP contribution in [0.5, 0.6) is 0 Å². The molecule has 3 aromatic rings. The van der Waals surface area contributed by atoms with E-state index in [4.69, 9.17) is 4.42 Å². The third-order valence-corrected chi connectivity index (χ3v) is 5.80. The summed E-state index contributed by atoms with van der Waals surface area (Å²) in [6.07, 6.45) is 2.25. The molecule has 5 nitrogen and oxygen atoms in total. The van der Waals surface area contributed by atoms with Gasteiger partial charge in [0.1, 0.15) is 12.1 Å². The number of nitrogens with zero attached hydrogens (tertiary/aromatic N) is 2. The lowest BCUT2D eigenvalue weighted by Gasteiger charge is -2.20. The van der Waals surface area contributed by atoms with E-state index in [1.165, 1.54) is 28.8 Å². The molecular formula is C22H26FN3O2S. The number of aromatic nitrogens is 1.